The molecular weight excluding hydrogens is 220 g/mol. The summed E-state index contributed by atoms with van der Waals surface area (Å²) in [7, 11) is 0. The lowest BCUT2D eigenvalue weighted by Gasteiger charge is -1.92. The molecule has 0 aliphatic carbocycles. The number of rotatable bonds is 0. The molecule has 3 rings (SSSR count). The van der Waals surface area contributed by atoms with Crippen LogP contribution in [0.3, 0.4) is 0 Å². The Bertz CT molecular complexity index is 589. The van der Waals surface area contributed by atoms with E-state index < -0.39 is 0 Å². The SMILES string of the molecule is N#Cc1ccncc1.c1ccc2ccccc2c1. The van der Waals surface area contributed by atoms with Crippen molar-refractivity contribution in [3.05, 3.63) is 78.6 Å². The number of hydrogen-bond acceptors (Lipinski definition) is 2. The van der Waals surface area contributed by atoms with Gasteiger partial charge in [-0.3, -0.25) is 4.98 Å². The number of hydrogen-bond donors (Lipinski definition) is 0. The van der Waals surface area contributed by atoms with Gasteiger partial charge in [0.15, 0.2) is 0 Å². The lowest BCUT2D eigenvalue weighted by Crippen LogP contribution is -1.71. The molecule has 0 bridgehead atoms. The maximum atomic E-state index is 8.26. The Hall–Kier alpha value is -2.66. The van der Waals surface area contributed by atoms with E-state index in [4.69, 9.17) is 5.26 Å². The monoisotopic (exact) mass is 232 g/mol. The molecule has 0 saturated carbocycles. The molecule has 0 unspecified atom stereocenters. The third-order valence-corrected chi connectivity index (χ3v) is 2.47. The van der Waals surface area contributed by atoms with E-state index in [0.717, 1.165) is 0 Å². The van der Waals surface area contributed by atoms with Gasteiger partial charge in [-0.1, -0.05) is 48.5 Å². The fraction of sp³-hybridized carbons (Fsp3) is 0. The van der Waals surface area contributed by atoms with Crippen LogP contribution >= 0.6 is 0 Å². The van der Waals surface area contributed by atoms with Gasteiger partial charge >= 0.3 is 0 Å². The summed E-state index contributed by atoms with van der Waals surface area (Å²) < 4.78 is 0. The molecule has 3 aromatic rings. The average Bonchev–Trinajstić information content (AvgIpc) is 2.49. The van der Waals surface area contributed by atoms with E-state index in [-0.39, 0.29) is 0 Å². The highest BCUT2D eigenvalue weighted by atomic mass is 14.6. The second-order valence-electron chi connectivity index (χ2n) is 3.69. The van der Waals surface area contributed by atoms with E-state index in [1.54, 1.807) is 24.5 Å². The van der Waals surface area contributed by atoms with Gasteiger partial charge < -0.3 is 0 Å². The van der Waals surface area contributed by atoms with E-state index >= 15 is 0 Å². The van der Waals surface area contributed by atoms with Crippen LogP contribution in [0, 0.1) is 11.3 Å². The molecular formula is C16H12N2. The van der Waals surface area contributed by atoms with Crippen LogP contribution in [-0.4, -0.2) is 4.98 Å². The molecule has 1 heterocycles. The first-order chi connectivity index (χ1) is 8.90. The summed E-state index contributed by atoms with van der Waals surface area (Å²) in [5.41, 5.74) is 0.653. The van der Waals surface area contributed by atoms with Crippen molar-refractivity contribution in [3.8, 4) is 6.07 Å². The van der Waals surface area contributed by atoms with Crippen LogP contribution in [0.4, 0.5) is 0 Å². The fourth-order valence-corrected chi connectivity index (χ4v) is 1.56. The smallest absolute Gasteiger partial charge is 0.0992 e. The van der Waals surface area contributed by atoms with Crippen molar-refractivity contribution >= 4 is 10.8 Å². The highest BCUT2D eigenvalue weighted by molar-refractivity contribution is 5.81. The van der Waals surface area contributed by atoms with Crippen LogP contribution in [0.25, 0.3) is 10.8 Å². The zero-order chi connectivity index (χ0) is 12.6. The molecule has 0 N–H and O–H groups in total. The number of nitrogens with zero attached hydrogens (tertiary/aromatic N) is 2. The van der Waals surface area contributed by atoms with Gasteiger partial charge in [0.2, 0.25) is 0 Å². The van der Waals surface area contributed by atoms with Crippen molar-refractivity contribution in [3.63, 3.8) is 0 Å². The summed E-state index contributed by atoms with van der Waals surface area (Å²) in [5.74, 6) is 0. The molecule has 0 aliphatic rings. The third-order valence-electron chi connectivity index (χ3n) is 2.47. The Balaban J connectivity index is 0.000000138. The van der Waals surface area contributed by atoms with Gasteiger partial charge in [0.05, 0.1) is 11.6 Å². The standard InChI is InChI=1S/C10H8.C6H4N2/c1-2-6-10-8-4-3-7-9(10)5-1;7-5-6-1-3-8-4-2-6/h1-8H;1-4H. The first-order valence-corrected chi connectivity index (χ1v) is 5.64. The molecule has 0 spiro atoms. The second-order valence-corrected chi connectivity index (χ2v) is 3.69. The lowest BCUT2D eigenvalue weighted by molar-refractivity contribution is 1.31. The van der Waals surface area contributed by atoms with Gasteiger partial charge in [0.1, 0.15) is 0 Å². The van der Waals surface area contributed by atoms with Crippen LogP contribution in [0.2, 0.25) is 0 Å². The Morgan fingerprint density at radius 3 is 1.50 bits per heavy atom. The van der Waals surface area contributed by atoms with E-state index in [0.29, 0.717) is 5.56 Å². The minimum absolute atomic E-state index is 0.653. The summed E-state index contributed by atoms with van der Waals surface area (Å²) >= 11 is 0. The molecule has 0 atom stereocenters. The summed E-state index contributed by atoms with van der Waals surface area (Å²) in [6.07, 6.45) is 3.19. The number of aromatic nitrogens is 1. The van der Waals surface area contributed by atoms with Crippen LogP contribution < -0.4 is 0 Å². The van der Waals surface area contributed by atoms with Crippen LogP contribution in [0.15, 0.2) is 73.1 Å². The number of benzene rings is 2. The quantitative estimate of drug-likeness (QED) is 0.591. The predicted molar refractivity (Wildman–Crippen MR) is 72.9 cm³/mol. The molecule has 0 radical (unpaired) electrons. The minimum Gasteiger partial charge on any atom is -0.265 e. The normalized spacial score (nSPS) is 9.06. The lowest BCUT2D eigenvalue weighted by atomic mass is 10.1. The van der Waals surface area contributed by atoms with E-state index in [1.165, 1.54) is 10.8 Å². The third kappa shape index (κ3) is 3.16. The Morgan fingerprint density at radius 1 is 0.722 bits per heavy atom. The zero-order valence-corrected chi connectivity index (χ0v) is 9.82. The largest absolute Gasteiger partial charge is 0.265 e. The van der Waals surface area contributed by atoms with Crippen LogP contribution in [0.1, 0.15) is 5.56 Å². The van der Waals surface area contributed by atoms with Gasteiger partial charge in [-0.25, -0.2) is 0 Å². The molecule has 0 saturated heterocycles. The first-order valence-electron chi connectivity index (χ1n) is 5.64. The minimum atomic E-state index is 0.653. The van der Waals surface area contributed by atoms with Crippen molar-refractivity contribution in [1.29, 1.82) is 5.26 Å². The van der Waals surface area contributed by atoms with Crippen molar-refractivity contribution in [2.45, 2.75) is 0 Å². The van der Waals surface area contributed by atoms with Crippen molar-refractivity contribution < 1.29 is 0 Å². The zero-order valence-electron chi connectivity index (χ0n) is 9.82. The van der Waals surface area contributed by atoms with Gasteiger partial charge in [0, 0.05) is 12.4 Å². The predicted octanol–water partition coefficient (Wildman–Crippen LogP) is 3.79. The molecule has 2 heteroatoms. The van der Waals surface area contributed by atoms with E-state index in [1.807, 2.05) is 6.07 Å². The van der Waals surface area contributed by atoms with Crippen molar-refractivity contribution in [2.24, 2.45) is 0 Å². The highest BCUT2D eigenvalue weighted by Crippen LogP contribution is 2.11. The van der Waals surface area contributed by atoms with Gasteiger partial charge in [-0.2, -0.15) is 5.26 Å². The fourth-order valence-electron chi connectivity index (χ4n) is 1.56. The van der Waals surface area contributed by atoms with Gasteiger partial charge in [-0.15, -0.1) is 0 Å². The summed E-state index contributed by atoms with van der Waals surface area (Å²) in [4.78, 5) is 3.74. The van der Waals surface area contributed by atoms with E-state index in [9.17, 15) is 0 Å². The Kier molecular flexibility index (Phi) is 4.05. The summed E-state index contributed by atoms with van der Waals surface area (Å²) in [6.45, 7) is 0. The topological polar surface area (TPSA) is 36.7 Å². The molecule has 0 amide bonds. The first kappa shape index (κ1) is 11.8. The molecule has 0 fully saturated rings. The Morgan fingerprint density at radius 2 is 1.17 bits per heavy atom. The Labute approximate surface area is 106 Å². The van der Waals surface area contributed by atoms with Crippen molar-refractivity contribution in [2.75, 3.05) is 0 Å². The average molecular weight is 232 g/mol. The summed E-state index contributed by atoms with van der Waals surface area (Å²) in [6, 6.07) is 22.0. The second kappa shape index (κ2) is 6.17. The highest BCUT2D eigenvalue weighted by Gasteiger charge is 1.85. The number of nitriles is 1. The molecule has 2 nitrogen and oxygen atoms in total. The molecule has 86 valence electrons. The maximum Gasteiger partial charge on any atom is 0.0992 e. The number of pyridine rings is 1. The van der Waals surface area contributed by atoms with Gasteiger partial charge in [-0.05, 0) is 22.9 Å². The number of fused-ring (bicyclic) bond motifs is 1. The molecule has 2 aromatic carbocycles. The van der Waals surface area contributed by atoms with Crippen LogP contribution in [0.5, 0.6) is 0 Å². The van der Waals surface area contributed by atoms with E-state index in [2.05, 4.69) is 53.5 Å². The summed E-state index contributed by atoms with van der Waals surface area (Å²) in [5, 5.41) is 10.9. The molecule has 1 aromatic heterocycles. The molecule has 18 heavy (non-hydrogen) atoms. The van der Waals surface area contributed by atoms with Crippen LogP contribution in [-0.2, 0) is 0 Å². The van der Waals surface area contributed by atoms with Crippen molar-refractivity contribution in [1.82, 2.24) is 4.98 Å². The van der Waals surface area contributed by atoms with Gasteiger partial charge in [0.25, 0.3) is 0 Å². The maximum absolute atomic E-state index is 8.26. The molecule has 0 aliphatic heterocycles.